The lowest BCUT2D eigenvalue weighted by Gasteiger charge is -2.42. The minimum Gasteiger partial charge on any atom is -0.339 e. The molecule has 0 saturated heterocycles. The van der Waals surface area contributed by atoms with Crippen molar-refractivity contribution >= 4 is 17.7 Å². The summed E-state index contributed by atoms with van der Waals surface area (Å²) >= 11 is 0. The van der Waals surface area contributed by atoms with Crippen LogP contribution in [0, 0.1) is 11.8 Å². The molecule has 8 heteroatoms. The van der Waals surface area contributed by atoms with Gasteiger partial charge in [-0.2, -0.15) is 0 Å². The van der Waals surface area contributed by atoms with Crippen LogP contribution in [0.25, 0.3) is 0 Å². The highest BCUT2D eigenvalue weighted by Gasteiger charge is 2.43. The van der Waals surface area contributed by atoms with E-state index >= 15 is 0 Å². The molecule has 5 rings (SSSR count). The van der Waals surface area contributed by atoms with Crippen molar-refractivity contribution in [3.8, 4) is 0 Å². The molecule has 0 unspecified atom stereocenters. The molecule has 1 aromatic heterocycles. The Morgan fingerprint density at radius 3 is 2.20 bits per heavy atom. The second kappa shape index (κ2) is 15.6. The molecular weight excluding hydrogens is 562 g/mol. The van der Waals surface area contributed by atoms with Gasteiger partial charge in [0.1, 0.15) is 17.8 Å². The fourth-order valence-corrected chi connectivity index (χ4v) is 6.78. The normalized spacial score (nSPS) is 18.6. The summed E-state index contributed by atoms with van der Waals surface area (Å²) in [7, 11) is 0. The summed E-state index contributed by atoms with van der Waals surface area (Å²) in [5.41, 5.74) is 2.43. The van der Waals surface area contributed by atoms with Crippen molar-refractivity contribution in [2.75, 3.05) is 6.54 Å². The zero-order chi connectivity index (χ0) is 31.6. The van der Waals surface area contributed by atoms with Gasteiger partial charge in [0.25, 0.3) is 5.91 Å². The molecule has 1 N–H and O–H groups in total. The van der Waals surface area contributed by atoms with Crippen LogP contribution >= 0.6 is 0 Å². The molecule has 3 amide bonds. The second-order valence-corrected chi connectivity index (χ2v) is 12.4. The van der Waals surface area contributed by atoms with Gasteiger partial charge in [0.15, 0.2) is 0 Å². The number of nitrogens with zero attached hydrogens (tertiary/aromatic N) is 4. The number of hydrogen-bond donors (Lipinski definition) is 1. The number of hydrogen-bond acceptors (Lipinski definition) is 5. The van der Waals surface area contributed by atoms with Crippen LogP contribution in [0.15, 0.2) is 91.7 Å². The quantitative estimate of drug-likeness (QED) is 0.260. The highest BCUT2D eigenvalue weighted by atomic mass is 16.2. The van der Waals surface area contributed by atoms with E-state index in [4.69, 9.17) is 0 Å². The minimum atomic E-state index is -0.758. The van der Waals surface area contributed by atoms with E-state index in [1.807, 2.05) is 36.4 Å². The van der Waals surface area contributed by atoms with Crippen molar-refractivity contribution in [3.05, 3.63) is 108 Å². The monoisotopic (exact) mass is 607 g/mol. The number of aromatic nitrogens is 2. The van der Waals surface area contributed by atoms with E-state index in [1.165, 1.54) is 18.6 Å². The molecule has 0 radical (unpaired) electrons. The van der Waals surface area contributed by atoms with Gasteiger partial charge in [-0.05, 0) is 42.2 Å². The van der Waals surface area contributed by atoms with E-state index in [2.05, 4.69) is 53.4 Å². The van der Waals surface area contributed by atoms with Crippen LogP contribution in [0.3, 0.4) is 0 Å². The maximum Gasteiger partial charge on any atom is 0.272 e. The molecule has 45 heavy (non-hydrogen) atoms. The van der Waals surface area contributed by atoms with Crippen molar-refractivity contribution in [1.29, 1.82) is 0 Å². The molecule has 8 nitrogen and oxygen atoms in total. The van der Waals surface area contributed by atoms with E-state index in [-0.39, 0.29) is 35.3 Å². The average Bonchev–Trinajstić information content (AvgIpc) is 3.10. The lowest BCUT2D eigenvalue weighted by molar-refractivity contribution is -0.147. The van der Waals surface area contributed by atoms with Gasteiger partial charge in [0.05, 0.1) is 6.20 Å². The predicted molar refractivity (Wildman–Crippen MR) is 175 cm³/mol. The highest BCUT2D eigenvalue weighted by Crippen LogP contribution is 2.32. The summed E-state index contributed by atoms with van der Waals surface area (Å²) in [6.07, 6.45) is 15.5. The van der Waals surface area contributed by atoms with Gasteiger partial charge in [-0.15, -0.1) is 0 Å². The topological polar surface area (TPSA) is 95.5 Å². The van der Waals surface area contributed by atoms with Gasteiger partial charge in [-0.3, -0.25) is 19.4 Å². The number of carbonyl (C=O) groups is 3. The maximum atomic E-state index is 14.5. The first-order valence-electron chi connectivity index (χ1n) is 16.5. The van der Waals surface area contributed by atoms with Crippen LogP contribution in [0.5, 0.6) is 0 Å². The minimum absolute atomic E-state index is 0.0134. The van der Waals surface area contributed by atoms with Crippen LogP contribution in [0.1, 0.15) is 92.7 Å². The number of benzene rings is 2. The fourth-order valence-electron chi connectivity index (χ4n) is 6.78. The third-order valence-electron chi connectivity index (χ3n) is 9.30. The molecule has 1 aliphatic carbocycles. The first-order chi connectivity index (χ1) is 22.0. The summed E-state index contributed by atoms with van der Waals surface area (Å²) < 4.78 is 0. The molecule has 0 spiro atoms. The lowest BCUT2D eigenvalue weighted by atomic mass is 9.82. The van der Waals surface area contributed by atoms with Crippen LogP contribution < -0.4 is 5.32 Å². The van der Waals surface area contributed by atoms with Crippen molar-refractivity contribution in [2.24, 2.45) is 11.8 Å². The number of unbranched alkanes of at least 4 members (excludes halogenated alkanes) is 1. The number of nitrogens with one attached hydrogen (secondary N) is 1. The van der Waals surface area contributed by atoms with E-state index in [0.29, 0.717) is 6.54 Å². The summed E-state index contributed by atoms with van der Waals surface area (Å²) in [5, 5.41) is 3.01. The molecule has 2 aliphatic rings. The standard InChI is InChI=1S/C37H45N5O3/c1-3-4-14-27(2)34-37(45)41(26-31(28-15-8-5-9-16-28)29-17-10-6-11-18-29)23-24-42(34)36(44)33(30-19-12-7-13-20-30)40-35(43)32-25-38-21-22-39-32/h5-6,8-11,15-18,21-25,27,30-31,33-34H,3-4,7,12-14,19-20,26H2,1-2H3,(H,40,43)/t27-,33-,34+/m0/s1. The van der Waals surface area contributed by atoms with Crippen LogP contribution in [0.2, 0.25) is 0 Å². The van der Waals surface area contributed by atoms with Gasteiger partial charge in [0.2, 0.25) is 11.8 Å². The Morgan fingerprint density at radius 1 is 0.933 bits per heavy atom. The maximum absolute atomic E-state index is 14.5. The molecule has 1 aliphatic heterocycles. The van der Waals surface area contributed by atoms with Crippen molar-refractivity contribution < 1.29 is 14.4 Å². The Kier molecular flexibility index (Phi) is 11.1. The average molecular weight is 608 g/mol. The summed E-state index contributed by atoms with van der Waals surface area (Å²) in [6.45, 7) is 4.66. The van der Waals surface area contributed by atoms with E-state index in [9.17, 15) is 14.4 Å². The second-order valence-electron chi connectivity index (χ2n) is 12.4. The summed E-state index contributed by atoms with van der Waals surface area (Å²) in [4.78, 5) is 53.8. The van der Waals surface area contributed by atoms with Crippen molar-refractivity contribution in [3.63, 3.8) is 0 Å². The summed E-state index contributed by atoms with van der Waals surface area (Å²) in [6, 6.07) is 19.1. The molecule has 1 fully saturated rings. The van der Waals surface area contributed by atoms with E-state index < -0.39 is 18.0 Å². The van der Waals surface area contributed by atoms with Gasteiger partial charge < -0.3 is 15.1 Å². The van der Waals surface area contributed by atoms with Crippen LogP contribution in [-0.2, 0) is 9.59 Å². The zero-order valence-electron chi connectivity index (χ0n) is 26.4. The Morgan fingerprint density at radius 2 is 1.60 bits per heavy atom. The third kappa shape index (κ3) is 7.85. The molecule has 2 aromatic carbocycles. The lowest BCUT2D eigenvalue weighted by Crippen LogP contribution is -2.60. The molecule has 2 heterocycles. The van der Waals surface area contributed by atoms with E-state index in [1.54, 1.807) is 22.2 Å². The molecule has 3 atom stereocenters. The largest absolute Gasteiger partial charge is 0.339 e. The zero-order valence-corrected chi connectivity index (χ0v) is 26.4. The first-order valence-corrected chi connectivity index (χ1v) is 16.5. The van der Waals surface area contributed by atoms with Crippen molar-refractivity contribution in [2.45, 2.75) is 83.2 Å². The Hall–Kier alpha value is -4.33. The van der Waals surface area contributed by atoms with Gasteiger partial charge in [0, 0.05) is 37.3 Å². The highest BCUT2D eigenvalue weighted by molar-refractivity contribution is 5.98. The molecule has 236 valence electrons. The third-order valence-corrected chi connectivity index (χ3v) is 9.30. The van der Waals surface area contributed by atoms with Crippen LogP contribution in [0.4, 0.5) is 0 Å². The van der Waals surface area contributed by atoms with E-state index in [0.717, 1.165) is 62.5 Å². The molecular formula is C37H45N5O3. The van der Waals surface area contributed by atoms with Crippen LogP contribution in [-0.4, -0.2) is 56.1 Å². The number of amides is 3. The SMILES string of the molecule is CCCC[C@H](C)[C@@H]1C(=O)N(CC(c2ccccc2)c2ccccc2)C=CN1C(=O)[C@@H](NC(=O)c1cnccn1)C1CCCCC1. The smallest absolute Gasteiger partial charge is 0.272 e. The summed E-state index contributed by atoms with van der Waals surface area (Å²) in [5.74, 6) is -0.862. The fraction of sp³-hybridized carbons (Fsp3) is 0.432. The predicted octanol–water partition coefficient (Wildman–Crippen LogP) is 6.32. The molecule has 1 saturated carbocycles. The van der Waals surface area contributed by atoms with Crippen molar-refractivity contribution in [1.82, 2.24) is 25.1 Å². The number of carbonyl (C=O) groups excluding carboxylic acids is 3. The van der Waals surface area contributed by atoms with Gasteiger partial charge >= 0.3 is 0 Å². The first kappa shape index (κ1) is 32.1. The number of rotatable bonds is 12. The Labute approximate surface area is 267 Å². The van der Waals surface area contributed by atoms with Gasteiger partial charge in [-0.25, -0.2) is 4.98 Å². The van der Waals surface area contributed by atoms with Gasteiger partial charge in [-0.1, -0.05) is 107 Å². The molecule has 0 bridgehead atoms. The Bertz CT molecular complexity index is 1390. The Balaban J connectivity index is 1.46. The molecule has 3 aromatic rings.